The van der Waals surface area contributed by atoms with Gasteiger partial charge in [0.1, 0.15) is 5.75 Å². The van der Waals surface area contributed by atoms with Crippen molar-refractivity contribution in [1.82, 2.24) is 10.3 Å². The molecule has 1 saturated carbocycles. The number of fused-ring (bicyclic) bond motifs is 1. The Labute approximate surface area is 143 Å². The second-order valence-electron chi connectivity index (χ2n) is 8.63. The van der Waals surface area contributed by atoms with Crippen LogP contribution in [0.15, 0.2) is 30.3 Å². The summed E-state index contributed by atoms with van der Waals surface area (Å²) in [5.41, 5.74) is 1.21. The van der Waals surface area contributed by atoms with Gasteiger partial charge in [-0.25, -0.2) is 4.98 Å². The number of hydrogen-bond acceptors (Lipinski definition) is 3. The highest BCUT2D eigenvalue weighted by Crippen LogP contribution is 2.45. The number of hydrogen-bond donors (Lipinski definition) is 2. The highest BCUT2D eigenvalue weighted by molar-refractivity contribution is 5.98. The first-order chi connectivity index (χ1) is 11.2. The molecule has 128 valence electrons. The largest absolute Gasteiger partial charge is 0.505 e. The van der Waals surface area contributed by atoms with Crippen molar-refractivity contribution in [3.63, 3.8) is 0 Å². The molecule has 1 heterocycles. The zero-order valence-corrected chi connectivity index (χ0v) is 14.9. The van der Waals surface area contributed by atoms with Crippen LogP contribution in [0, 0.1) is 10.8 Å². The van der Waals surface area contributed by atoms with Gasteiger partial charge in [-0.15, -0.1) is 0 Å². The van der Waals surface area contributed by atoms with E-state index in [4.69, 9.17) is 0 Å². The van der Waals surface area contributed by atoms with E-state index in [0.717, 1.165) is 24.6 Å². The number of aromatic nitrogens is 1. The summed E-state index contributed by atoms with van der Waals surface area (Å²) in [6.45, 7) is 9.00. The van der Waals surface area contributed by atoms with Crippen LogP contribution in [0.3, 0.4) is 0 Å². The highest BCUT2D eigenvalue weighted by Gasteiger charge is 2.39. The van der Waals surface area contributed by atoms with Gasteiger partial charge in [0.2, 0.25) is 0 Å². The van der Waals surface area contributed by atoms with Crippen LogP contribution >= 0.6 is 0 Å². The Morgan fingerprint density at radius 3 is 2.46 bits per heavy atom. The van der Waals surface area contributed by atoms with Gasteiger partial charge < -0.3 is 10.4 Å². The minimum Gasteiger partial charge on any atom is -0.505 e. The minimum absolute atomic E-state index is 0.0690. The number of para-hydroxylation sites is 1. The number of nitrogens with zero attached hydrogens (tertiary/aromatic N) is 1. The summed E-state index contributed by atoms with van der Waals surface area (Å²) in [6.07, 6.45) is 3.03. The smallest absolute Gasteiger partial charge is 0.273 e. The Kier molecular flexibility index (Phi) is 4.02. The van der Waals surface area contributed by atoms with Crippen molar-refractivity contribution in [2.75, 3.05) is 0 Å². The van der Waals surface area contributed by atoms with Crippen LogP contribution in [0.2, 0.25) is 0 Å². The molecule has 4 heteroatoms. The molecule has 4 nitrogen and oxygen atoms in total. The normalized spacial score (nSPS) is 20.0. The number of amides is 1. The summed E-state index contributed by atoms with van der Waals surface area (Å²) >= 11 is 0. The zero-order chi connectivity index (χ0) is 17.5. The first-order valence-electron chi connectivity index (χ1n) is 8.55. The van der Waals surface area contributed by atoms with Gasteiger partial charge in [0.25, 0.3) is 5.91 Å². The van der Waals surface area contributed by atoms with E-state index in [1.165, 1.54) is 0 Å². The average molecular weight is 326 g/mol. The van der Waals surface area contributed by atoms with Crippen molar-refractivity contribution < 1.29 is 9.90 Å². The number of nitrogens with one attached hydrogen (secondary N) is 1. The first kappa shape index (κ1) is 16.7. The predicted molar refractivity (Wildman–Crippen MR) is 96.1 cm³/mol. The molecule has 0 saturated heterocycles. The Morgan fingerprint density at radius 1 is 1.17 bits per heavy atom. The van der Waals surface area contributed by atoms with Gasteiger partial charge in [0, 0.05) is 11.4 Å². The van der Waals surface area contributed by atoms with Crippen LogP contribution in [0.4, 0.5) is 0 Å². The number of aromatic hydroxyl groups is 1. The summed E-state index contributed by atoms with van der Waals surface area (Å²) in [7, 11) is 0. The Morgan fingerprint density at radius 2 is 1.79 bits per heavy atom. The molecule has 3 rings (SSSR count). The lowest BCUT2D eigenvalue weighted by Gasteiger charge is -2.45. The number of carbonyl (C=O) groups is 1. The molecular weight excluding hydrogens is 300 g/mol. The molecular formula is C20H26N2O2. The quantitative estimate of drug-likeness (QED) is 0.866. The fraction of sp³-hybridized carbons (Fsp3) is 0.500. The Hall–Kier alpha value is -2.10. The average Bonchev–Trinajstić information content (AvgIpc) is 2.42. The lowest BCUT2D eigenvalue weighted by Crippen LogP contribution is -2.46. The van der Waals surface area contributed by atoms with E-state index in [9.17, 15) is 9.90 Å². The van der Waals surface area contributed by atoms with E-state index >= 15 is 0 Å². The fourth-order valence-corrected chi connectivity index (χ4v) is 4.47. The molecule has 1 amide bonds. The third-order valence-electron chi connectivity index (χ3n) is 4.81. The first-order valence-corrected chi connectivity index (χ1v) is 8.55. The van der Waals surface area contributed by atoms with E-state index in [1.54, 1.807) is 6.07 Å². The molecule has 1 aliphatic carbocycles. The monoisotopic (exact) mass is 326 g/mol. The minimum atomic E-state index is -0.295. The van der Waals surface area contributed by atoms with E-state index in [0.29, 0.717) is 5.52 Å². The number of rotatable bonds is 2. The van der Waals surface area contributed by atoms with E-state index < -0.39 is 0 Å². The van der Waals surface area contributed by atoms with Gasteiger partial charge in [-0.1, -0.05) is 45.9 Å². The van der Waals surface area contributed by atoms with Crippen molar-refractivity contribution >= 4 is 16.8 Å². The summed E-state index contributed by atoms with van der Waals surface area (Å²) in [5, 5.41) is 14.1. The maximum absolute atomic E-state index is 12.7. The molecule has 0 atom stereocenters. The molecule has 1 aliphatic rings. The molecule has 24 heavy (non-hydrogen) atoms. The zero-order valence-electron chi connectivity index (χ0n) is 14.9. The van der Waals surface area contributed by atoms with Gasteiger partial charge in [-0.2, -0.15) is 0 Å². The fourth-order valence-electron chi connectivity index (χ4n) is 4.47. The second-order valence-corrected chi connectivity index (χ2v) is 8.63. The lowest BCUT2D eigenvalue weighted by molar-refractivity contribution is 0.0709. The molecule has 2 aromatic rings. The van der Waals surface area contributed by atoms with E-state index in [-0.39, 0.29) is 34.2 Å². The van der Waals surface area contributed by atoms with Crippen LogP contribution in [0.25, 0.3) is 10.9 Å². The lowest BCUT2D eigenvalue weighted by atomic mass is 9.63. The van der Waals surface area contributed by atoms with Gasteiger partial charge in [-0.3, -0.25) is 4.79 Å². The van der Waals surface area contributed by atoms with E-state index in [1.807, 2.05) is 24.3 Å². The van der Waals surface area contributed by atoms with Crippen LogP contribution in [0.5, 0.6) is 5.75 Å². The second kappa shape index (κ2) is 5.76. The molecule has 0 unspecified atom stereocenters. The third-order valence-corrected chi connectivity index (χ3v) is 4.81. The molecule has 0 bridgehead atoms. The Balaban J connectivity index is 1.83. The summed E-state index contributed by atoms with van der Waals surface area (Å²) in [6, 6.07) is 9.18. The molecule has 0 aliphatic heterocycles. The molecule has 1 aromatic carbocycles. The standard InChI is InChI=1S/C20H26N2O2/c1-19(2)10-14(11-20(3,4)12-19)21-18(24)17-16(23)9-13-7-5-6-8-15(13)22-17/h5-9,14,23H,10-12H2,1-4H3,(H,21,24). The maximum Gasteiger partial charge on any atom is 0.273 e. The molecule has 1 fully saturated rings. The van der Waals surface area contributed by atoms with Gasteiger partial charge in [0.05, 0.1) is 5.52 Å². The molecule has 2 N–H and O–H groups in total. The van der Waals surface area contributed by atoms with Crippen molar-refractivity contribution in [3.8, 4) is 5.75 Å². The predicted octanol–water partition coefficient (Wildman–Crippen LogP) is 4.28. The number of carbonyl (C=O) groups excluding carboxylic acids is 1. The van der Waals surface area contributed by atoms with Gasteiger partial charge in [0.15, 0.2) is 5.69 Å². The van der Waals surface area contributed by atoms with Crippen molar-refractivity contribution in [2.24, 2.45) is 10.8 Å². The summed E-state index contributed by atoms with van der Waals surface area (Å²) in [4.78, 5) is 17.0. The SMILES string of the molecule is CC1(C)CC(NC(=O)c2nc3ccccc3cc2O)CC(C)(C)C1. The van der Waals surface area contributed by atoms with Crippen molar-refractivity contribution in [2.45, 2.75) is 53.0 Å². The maximum atomic E-state index is 12.7. The highest BCUT2D eigenvalue weighted by atomic mass is 16.3. The molecule has 0 spiro atoms. The van der Waals surface area contributed by atoms with E-state index in [2.05, 4.69) is 38.0 Å². The molecule has 0 radical (unpaired) electrons. The van der Waals surface area contributed by atoms with Crippen LogP contribution in [0.1, 0.15) is 57.4 Å². The van der Waals surface area contributed by atoms with Crippen LogP contribution in [-0.2, 0) is 0 Å². The van der Waals surface area contributed by atoms with Gasteiger partial charge >= 0.3 is 0 Å². The topological polar surface area (TPSA) is 62.2 Å². The third kappa shape index (κ3) is 3.53. The van der Waals surface area contributed by atoms with Crippen LogP contribution < -0.4 is 5.32 Å². The number of pyridine rings is 1. The van der Waals surface area contributed by atoms with Gasteiger partial charge in [-0.05, 0) is 42.2 Å². The van der Waals surface area contributed by atoms with Crippen molar-refractivity contribution in [3.05, 3.63) is 36.0 Å². The Bertz CT molecular complexity index is 764. The molecule has 1 aromatic heterocycles. The summed E-state index contributed by atoms with van der Waals surface area (Å²) < 4.78 is 0. The summed E-state index contributed by atoms with van der Waals surface area (Å²) in [5.74, 6) is -0.364. The van der Waals surface area contributed by atoms with Crippen LogP contribution in [-0.4, -0.2) is 22.0 Å². The van der Waals surface area contributed by atoms with Crippen molar-refractivity contribution in [1.29, 1.82) is 0 Å². The number of benzene rings is 1.